The molecule has 1 fully saturated rings. The van der Waals surface area contributed by atoms with E-state index < -0.39 is 0 Å². The molecule has 0 amide bonds. The van der Waals surface area contributed by atoms with Gasteiger partial charge in [0.15, 0.2) is 0 Å². The number of benzene rings is 1. The Kier molecular flexibility index (Phi) is 2.31. The van der Waals surface area contributed by atoms with Crippen LogP contribution in [0.2, 0.25) is 0 Å². The number of aromatic amines is 1. The van der Waals surface area contributed by atoms with E-state index in [1.54, 1.807) is 6.07 Å². The number of hydrogen-bond donors (Lipinski definition) is 2. The van der Waals surface area contributed by atoms with E-state index in [0.29, 0.717) is 0 Å². The van der Waals surface area contributed by atoms with Crippen LogP contribution in [-0.4, -0.2) is 15.5 Å². The number of hydrogen-bond acceptors (Lipinski definition) is 2. The second-order valence-corrected chi connectivity index (χ2v) is 5.14. The zero-order valence-corrected chi connectivity index (χ0v) is 9.89. The molecule has 3 nitrogen and oxygen atoms in total. The predicted octanol–water partition coefficient (Wildman–Crippen LogP) is 3.45. The third-order valence-electron chi connectivity index (χ3n) is 3.57. The summed E-state index contributed by atoms with van der Waals surface area (Å²) in [6, 6.07) is 4.61. The number of H-pyrrole nitrogens is 1. The Labute approximate surface area is 99.4 Å². The highest BCUT2D eigenvalue weighted by Crippen LogP contribution is 2.32. The van der Waals surface area contributed by atoms with Gasteiger partial charge < -0.3 is 10.3 Å². The molecule has 0 bridgehead atoms. The molecule has 0 atom stereocenters. The fourth-order valence-electron chi connectivity index (χ4n) is 2.61. The Hall–Kier alpha value is -1.58. The van der Waals surface area contributed by atoms with Crippen molar-refractivity contribution < 1.29 is 4.39 Å². The fraction of sp³-hybridized carbons (Fsp3) is 0.462. The Morgan fingerprint density at radius 2 is 2.12 bits per heavy atom. The molecule has 4 heteroatoms. The Morgan fingerprint density at radius 3 is 2.88 bits per heavy atom. The highest BCUT2D eigenvalue weighted by atomic mass is 19.1. The minimum atomic E-state index is -0.236. The van der Waals surface area contributed by atoms with Gasteiger partial charge in [-0.2, -0.15) is 0 Å². The van der Waals surface area contributed by atoms with Crippen molar-refractivity contribution in [3.63, 3.8) is 0 Å². The van der Waals surface area contributed by atoms with Crippen molar-refractivity contribution in [2.24, 2.45) is 0 Å². The van der Waals surface area contributed by atoms with Crippen LogP contribution >= 0.6 is 0 Å². The lowest BCUT2D eigenvalue weighted by molar-refractivity contribution is 0.529. The van der Waals surface area contributed by atoms with Crippen LogP contribution in [0.5, 0.6) is 0 Å². The Bertz CT molecular complexity index is 541. The molecule has 0 radical (unpaired) electrons. The number of nitrogens with zero attached hydrogens (tertiary/aromatic N) is 1. The zero-order valence-electron chi connectivity index (χ0n) is 9.89. The molecule has 2 aromatic rings. The lowest BCUT2D eigenvalue weighted by Crippen LogP contribution is -2.31. The first kappa shape index (κ1) is 10.6. The van der Waals surface area contributed by atoms with Crippen LogP contribution in [0.4, 0.5) is 10.3 Å². The van der Waals surface area contributed by atoms with E-state index in [1.165, 1.54) is 37.8 Å². The van der Waals surface area contributed by atoms with Gasteiger partial charge in [-0.15, -0.1) is 0 Å². The summed E-state index contributed by atoms with van der Waals surface area (Å²) in [4.78, 5) is 7.56. The van der Waals surface area contributed by atoms with E-state index in [9.17, 15) is 4.39 Å². The number of anilines is 1. The molecule has 1 aliphatic rings. The SMILES string of the molecule is CC1(Nc2nc3ccc(F)cc3[nH]2)CCCC1. The highest BCUT2D eigenvalue weighted by Gasteiger charge is 2.29. The first-order chi connectivity index (χ1) is 8.15. The second-order valence-electron chi connectivity index (χ2n) is 5.14. The summed E-state index contributed by atoms with van der Waals surface area (Å²) in [5, 5.41) is 3.44. The molecule has 2 N–H and O–H groups in total. The second kappa shape index (κ2) is 3.72. The van der Waals surface area contributed by atoms with Crippen molar-refractivity contribution in [1.29, 1.82) is 0 Å². The summed E-state index contributed by atoms with van der Waals surface area (Å²) in [6.07, 6.45) is 4.85. The molecule has 90 valence electrons. The van der Waals surface area contributed by atoms with Crippen LogP contribution in [-0.2, 0) is 0 Å². The van der Waals surface area contributed by atoms with E-state index in [2.05, 4.69) is 22.2 Å². The smallest absolute Gasteiger partial charge is 0.201 e. The maximum atomic E-state index is 13.1. The average Bonchev–Trinajstić information content (AvgIpc) is 2.84. The van der Waals surface area contributed by atoms with Crippen molar-refractivity contribution in [2.45, 2.75) is 38.1 Å². The maximum Gasteiger partial charge on any atom is 0.201 e. The van der Waals surface area contributed by atoms with Crippen LogP contribution in [0.25, 0.3) is 11.0 Å². The van der Waals surface area contributed by atoms with Gasteiger partial charge in [0.1, 0.15) is 5.82 Å². The number of nitrogens with one attached hydrogen (secondary N) is 2. The monoisotopic (exact) mass is 233 g/mol. The summed E-state index contributed by atoms with van der Waals surface area (Å²) >= 11 is 0. The van der Waals surface area contributed by atoms with Crippen molar-refractivity contribution in [3.8, 4) is 0 Å². The minimum absolute atomic E-state index is 0.131. The largest absolute Gasteiger partial charge is 0.351 e. The van der Waals surface area contributed by atoms with Crippen LogP contribution in [0.1, 0.15) is 32.6 Å². The predicted molar refractivity (Wildman–Crippen MR) is 66.5 cm³/mol. The molecule has 3 rings (SSSR count). The van der Waals surface area contributed by atoms with Crippen LogP contribution in [0, 0.1) is 5.82 Å². The minimum Gasteiger partial charge on any atom is -0.351 e. The summed E-state index contributed by atoms with van der Waals surface area (Å²) < 4.78 is 13.1. The van der Waals surface area contributed by atoms with Gasteiger partial charge >= 0.3 is 0 Å². The van der Waals surface area contributed by atoms with Gasteiger partial charge in [0.05, 0.1) is 11.0 Å². The molecule has 0 aliphatic heterocycles. The van der Waals surface area contributed by atoms with Gasteiger partial charge in [0, 0.05) is 5.54 Å². The summed E-state index contributed by atoms with van der Waals surface area (Å²) in [6.45, 7) is 2.22. The van der Waals surface area contributed by atoms with Crippen LogP contribution < -0.4 is 5.32 Å². The molecule has 0 spiro atoms. The van der Waals surface area contributed by atoms with Gasteiger partial charge in [-0.05, 0) is 38.0 Å². The van der Waals surface area contributed by atoms with E-state index in [-0.39, 0.29) is 11.4 Å². The summed E-state index contributed by atoms with van der Waals surface area (Å²) in [5.41, 5.74) is 1.68. The number of aromatic nitrogens is 2. The summed E-state index contributed by atoms with van der Waals surface area (Å²) in [5.74, 6) is 0.509. The third-order valence-corrected chi connectivity index (χ3v) is 3.57. The van der Waals surface area contributed by atoms with Crippen molar-refractivity contribution >= 4 is 17.0 Å². The molecule has 0 saturated heterocycles. The van der Waals surface area contributed by atoms with Crippen molar-refractivity contribution in [1.82, 2.24) is 9.97 Å². The van der Waals surface area contributed by atoms with Crippen LogP contribution in [0.15, 0.2) is 18.2 Å². The topological polar surface area (TPSA) is 40.7 Å². The number of fused-ring (bicyclic) bond motifs is 1. The molecule has 1 aromatic heterocycles. The molecule has 0 unspecified atom stereocenters. The molecule has 1 heterocycles. The molecular weight excluding hydrogens is 217 g/mol. The molecular formula is C13H16FN3. The standard InChI is InChI=1S/C13H16FN3/c1-13(6-2-3-7-13)17-12-15-10-5-4-9(14)8-11(10)16-12/h4-5,8H,2-3,6-7H2,1H3,(H2,15,16,17). The summed E-state index contributed by atoms with van der Waals surface area (Å²) in [7, 11) is 0. The van der Waals surface area contributed by atoms with Crippen molar-refractivity contribution in [2.75, 3.05) is 5.32 Å². The first-order valence-electron chi connectivity index (χ1n) is 6.08. The van der Waals surface area contributed by atoms with Gasteiger partial charge in [0.2, 0.25) is 5.95 Å². The highest BCUT2D eigenvalue weighted by molar-refractivity contribution is 5.77. The molecule has 17 heavy (non-hydrogen) atoms. The maximum absolute atomic E-state index is 13.1. The molecule has 1 aliphatic carbocycles. The molecule has 1 saturated carbocycles. The average molecular weight is 233 g/mol. The van der Waals surface area contributed by atoms with E-state index in [4.69, 9.17) is 0 Å². The number of halogens is 1. The van der Waals surface area contributed by atoms with E-state index in [0.717, 1.165) is 17.0 Å². The Balaban J connectivity index is 1.90. The lowest BCUT2D eigenvalue weighted by atomic mass is 10.0. The van der Waals surface area contributed by atoms with E-state index in [1.807, 2.05) is 0 Å². The number of imidazole rings is 1. The van der Waals surface area contributed by atoms with Crippen molar-refractivity contribution in [3.05, 3.63) is 24.0 Å². The van der Waals surface area contributed by atoms with Gasteiger partial charge in [-0.25, -0.2) is 9.37 Å². The quantitative estimate of drug-likeness (QED) is 0.834. The van der Waals surface area contributed by atoms with Gasteiger partial charge in [-0.3, -0.25) is 0 Å². The fourth-order valence-corrected chi connectivity index (χ4v) is 2.61. The Morgan fingerprint density at radius 1 is 1.35 bits per heavy atom. The lowest BCUT2D eigenvalue weighted by Gasteiger charge is -2.24. The van der Waals surface area contributed by atoms with Gasteiger partial charge in [-0.1, -0.05) is 12.8 Å². The van der Waals surface area contributed by atoms with Crippen LogP contribution in [0.3, 0.4) is 0 Å². The number of rotatable bonds is 2. The third kappa shape index (κ3) is 1.99. The molecule has 1 aromatic carbocycles. The van der Waals surface area contributed by atoms with E-state index >= 15 is 0 Å². The van der Waals surface area contributed by atoms with Gasteiger partial charge in [0.25, 0.3) is 0 Å². The first-order valence-corrected chi connectivity index (χ1v) is 6.08. The zero-order chi connectivity index (χ0) is 11.9. The normalized spacial score (nSPS) is 18.7.